The van der Waals surface area contributed by atoms with E-state index in [0.29, 0.717) is 34.4 Å². The lowest BCUT2D eigenvalue weighted by atomic mass is 10.1. The Bertz CT molecular complexity index is 972. The maximum absolute atomic E-state index is 12.6. The highest BCUT2D eigenvalue weighted by Gasteiger charge is 2.28. The summed E-state index contributed by atoms with van der Waals surface area (Å²) in [4.78, 5) is 17.1. The Kier molecular flexibility index (Phi) is 6.34. The van der Waals surface area contributed by atoms with E-state index < -0.39 is 0 Å². The van der Waals surface area contributed by atoms with E-state index in [1.165, 1.54) is 0 Å². The molecule has 0 saturated heterocycles. The molecule has 1 heterocycles. The number of amides is 1. The molecule has 28 heavy (non-hydrogen) atoms. The number of hydrogen-bond donors (Lipinski definition) is 2. The van der Waals surface area contributed by atoms with Gasteiger partial charge < -0.3 is 15.6 Å². The number of halogens is 2. The number of hydrogen-bond acceptors (Lipinski definition) is 5. The molecule has 0 bridgehead atoms. The van der Waals surface area contributed by atoms with Crippen molar-refractivity contribution in [2.75, 3.05) is 6.54 Å². The minimum absolute atomic E-state index is 0. The van der Waals surface area contributed by atoms with Crippen molar-refractivity contribution >= 4 is 29.9 Å². The molecule has 146 valence electrons. The Morgan fingerprint density at radius 1 is 1.25 bits per heavy atom. The van der Waals surface area contributed by atoms with Gasteiger partial charge in [-0.2, -0.15) is 4.98 Å². The third-order valence-corrected chi connectivity index (χ3v) is 4.87. The first-order chi connectivity index (χ1) is 13.1. The molecule has 1 atom stereocenters. The van der Waals surface area contributed by atoms with Crippen LogP contribution in [0.15, 0.2) is 53.1 Å². The highest BCUT2D eigenvalue weighted by atomic mass is 35.5. The third kappa shape index (κ3) is 4.52. The fourth-order valence-electron chi connectivity index (χ4n) is 2.94. The van der Waals surface area contributed by atoms with Gasteiger partial charge in [0.25, 0.3) is 11.8 Å². The summed E-state index contributed by atoms with van der Waals surface area (Å²) in [5, 5.41) is 7.51. The molecule has 1 saturated carbocycles. The molecule has 3 N–H and O–H groups in total. The number of rotatable bonds is 6. The highest BCUT2D eigenvalue weighted by Crippen LogP contribution is 2.31. The lowest BCUT2D eigenvalue weighted by Gasteiger charge is -2.12. The summed E-state index contributed by atoms with van der Waals surface area (Å²) in [6.07, 6.45) is 2.28. The third-order valence-electron chi connectivity index (χ3n) is 4.64. The number of nitrogens with zero attached hydrogens (tertiary/aromatic N) is 2. The molecule has 1 unspecified atom stereocenters. The molecule has 6 nitrogen and oxygen atoms in total. The number of aromatic nitrogens is 2. The van der Waals surface area contributed by atoms with Gasteiger partial charge in [-0.05, 0) is 43.0 Å². The van der Waals surface area contributed by atoms with Crippen LogP contribution in [0.3, 0.4) is 0 Å². The first-order valence-electron chi connectivity index (χ1n) is 8.84. The normalized spacial score (nSPS) is 14.2. The molecule has 4 rings (SSSR count). The molecule has 0 aliphatic heterocycles. The highest BCUT2D eigenvalue weighted by molar-refractivity contribution is 6.30. The monoisotopic (exact) mass is 418 g/mol. The van der Waals surface area contributed by atoms with Crippen LogP contribution >= 0.6 is 24.0 Å². The van der Waals surface area contributed by atoms with Gasteiger partial charge in [0.15, 0.2) is 0 Å². The number of carbonyl (C=O) groups is 1. The second kappa shape index (κ2) is 8.73. The average Bonchev–Trinajstić information content (AvgIpc) is 3.42. The Morgan fingerprint density at radius 3 is 2.79 bits per heavy atom. The summed E-state index contributed by atoms with van der Waals surface area (Å²) in [5.74, 6) is 1.02. The Labute approximate surface area is 173 Å². The predicted octanol–water partition coefficient (Wildman–Crippen LogP) is 3.95. The van der Waals surface area contributed by atoms with Gasteiger partial charge >= 0.3 is 0 Å². The second-order valence-corrected chi connectivity index (χ2v) is 7.13. The molecule has 0 spiro atoms. The second-order valence-electron chi connectivity index (χ2n) is 6.69. The number of carbonyl (C=O) groups excluding carboxylic acids is 1. The molecule has 1 aromatic heterocycles. The van der Waals surface area contributed by atoms with Crippen molar-refractivity contribution < 1.29 is 9.32 Å². The lowest BCUT2D eigenvalue weighted by Crippen LogP contribution is -2.38. The first-order valence-corrected chi connectivity index (χ1v) is 9.22. The minimum atomic E-state index is -0.204. The van der Waals surface area contributed by atoms with Gasteiger partial charge in [-0.15, -0.1) is 12.4 Å². The van der Waals surface area contributed by atoms with Crippen LogP contribution in [0, 0.1) is 5.92 Å². The van der Waals surface area contributed by atoms with Crippen molar-refractivity contribution in [3.63, 3.8) is 0 Å². The van der Waals surface area contributed by atoms with Crippen LogP contribution < -0.4 is 11.1 Å². The average molecular weight is 419 g/mol. The van der Waals surface area contributed by atoms with E-state index in [0.717, 1.165) is 18.4 Å². The van der Waals surface area contributed by atoms with E-state index in [1.54, 1.807) is 30.3 Å². The fraction of sp³-hybridized carbons (Fsp3) is 0.250. The zero-order valence-electron chi connectivity index (χ0n) is 15.0. The van der Waals surface area contributed by atoms with Crippen LogP contribution in [0.2, 0.25) is 5.02 Å². The first kappa shape index (κ1) is 20.3. The summed E-state index contributed by atoms with van der Waals surface area (Å²) in [5.41, 5.74) is 7.87. The molecule has 1 amide bonds. The van der Waals surface area contributed by atoms with E-state index in [4.69, 9.17) is 21.9 Å². The van der Waals surface area contributed by atoms with Crippen molar-refractivity contribution in [1.29, 1.82) is 0 Å². The maximum Gasteiger partial charge on any atom is 0.259 e. The van der Waals surface area contributed by atoms with Gasteiger partial charge in [0.05, 0.1) is 11.1 Å². The summed E-state index contributed by atoms with van der Waals surface area (Å²) in [6.45, 7) is 0.454. The molecule has 1 aliphatic rings. The van der Waals surface area contributed by atoms with Crippen LogP contribution in [-0.2, 0) is 0 Å². The zero-order valence-corrected chi connectivity index (χ0v) is 16.5. The van der Waals surface area contributed by atoms with Gasteiger partial charge in [0.1, 0.15) is 0 Å². The maximum atomic E-state index is 12.6. The molecule has 2 aromatic carbocycles. The molecular weight excluding hydrogens is 399 g/mol. The number of nitrogens with one attached hydrogen (secondary N) is 1. The van der Waals surface area contributed by atoms with E-state index in [1.807, 2.05) is 18.2 Å². The quantitative estimate of drug-likeness (QED) is 0.631. The van der Waals surface area contributed by atoms with Crippen LogP contribution in [0.1, 0.15) is 23.2 Å². The lowest BCUT2D eigenvalue weighted by molar-refractivity contribution is 0.0950. The predicted molar refractivity (Wildman–Crippen MR) is 110 cm³/mol. The molecule has 8 heteroatoms. The van der Waals surface area contributed by atoms with Crippen molar-refractivity contribution in [3.05, 3.63) is 59.1 Å². The Balaban J connectivity index is 0.00000225. The fourth-order valence-corrected chi connectivity index (χ4v) is 3.13. The number of benzene rings is 2. The van der Waals surface area contributed by atoms with E-state index in [-0.39, 0.29) is 30.2 Å². The molecule has 1 fully saturated rings. The largest absolute Gasteiger partial charge is 0.350 e. The van der Waals surface area contributed by atoms with Crippen LogP contribution in [0.5, 0.6) is 0 Å². The van der Waals surface area contributed by atoms with Crippen LogP contribution in [0.25, 0.3) is 22.8 Å². The molecule has 0 radical (unpaired) electrons. The minimum Gasteiger partial charge on any atom is -0.350 e. The molecule has 3 aromatic rings. The van der Waals surface area contributed by atoms with Crippen molar-refractivity contribution in [2.24, 2.45) is 11.7 Å². The van der Waals surface area contributed by atoms with E-state index >= 15 is 0 Å². The summed E-state index contributed by atoms with van der Waals surface area (Å²) >= 11 is 6.02. The standard InChI is InChI=1S/C20H19ClN4O2.ClH/c21-14-5-3-4-13(10-14)18-24-20(27-25-18)16-7-2-1-6-15(16)19(26)23-11-17(22)12-8-9-12;/h1-7,10,12,17H,8-9,11,22H2,(H,23,26);1H. The summed E-state index contributed by atoms with van der Waals surface area (Å²) in [6, 6.07) is 14.3. The van der Waals surface area contributed by atoms with Gasteiger partial charge in [-0.3, -0.25) is 4.79 Å². The van der Waals surface area contributed by atoms with Gasteiger partial charge in [0.2, 0.25) is 5.82 Å². The summed E-state index contributed by atoms with van der Waals surface area (Å²) in [7, 11) is 0. The van der Waals surface area contributed by atoms with Crippen LogP contribution in [-0.4, -0.2) is 28.6 Å². The molecular formula is C20H20Cl2N4O2. The molecule has 1 aliphatic carbocycles. The van der Waals surface area contributed by atoms with Gasteiger partial charge in [0, 0.05) is 23.2 Å². The SMILES string of the molecule is Cl.NC(CNC(=O)c1ccccc1-c1nc(-c2cccc(Cl)c2)no1)C1CC1. The van der Waals surface area contributed by atoms with Crippen molar-refractivity contribution in [1.82, 2.24) is 15.5 Å². The van der Waals surface area contributed by atoms with Crippen molar-refractivity contribution in [3.8, 4) is 22.8 Å². The van der Waals surface area contributed by atoms with E-state index in [9.17, 15) is 4.79 Å². The Hall–Kier alpha value is -2.41. The van der Waals surface area contributed by atoms with Crippen molar-refractivity contribution in [2.45, 2.75) is 18.9 Å². The smallest absolute Gasteiger partial charge is 0.259 e. The zero-order chi connectivity index (χ0) is 18.8. The Morgan fingerprint density at radius 2 is 2.04 bits per heavy atom. The van der Waals surface area contributed by atoms with E-state index in [2.05, 4.69) is 15.5 Å². The topological polar surface area (TPSA) is 94.0 Å². The number of nitrogens with two attached hydrogens (primary N) is 1. The van der Waals surface area contributed by atoms with Gasteiger partial charge in [-0.1, -0.05) is 41.0 Å². The van der Waals surface area contributed by atoms with Gasteiger partial charge in [-0.25, -0.2) is 0 Å². The van der Waals surface area contributed by atoms with Crippen LogP contribution in [0.4, 0.5) is 0 Å². The summed E-state index contributed by atoms with van der Waals surface area (Å²) < 4.78 is 5.40.